The molecule has 0 amide bonds. The standard InChI is InChI=1S/C14H20N2O4/c1-8-12(6-13(17)18)10(3)16(14(19)15-8)9(2)11-4-5-20-7-11/h9,11H,4-7H2,1-3H3,(H,17,18). The van der Waals surface area contributed by atoms with Gasteiger partial charge in [0.1, 0.15) is 0 Å². The molecule has 6 nitrogen and oxygen atoms in total. The SMILES string of the molecule is Cc1nc(=O)n(C(C)C2CCOC2)c(C)c1CC(=O)O. The molecule has 2 heterocycles. The van der Waals surface area contributed by atoms with Gasteiger partial charge in [0, 0.05) is 35.5 Å². The summed E-state index contributed by atoms with van der Waals surface area (Å²) in [7, 11) is 0. The second-order valence-corrected chi connectivity index (χ2v) is 5.35. The van der Waals surface area contributed by atoms with Crippen molar-refractivity contribution in [3.63, 3.8) is 0 Å². The summed E-state index contributed by atoms with van der Waals surface area (Å²) >= 11 is 0. The number of nitrogens with zero attached hydrogens (tertiary/aromatic N) is 2. The lowest BCUT2D eigenvalue weighted by Crippen LogP contribution is -2.33. The molecule has 0 spiro atoms. The van der Waals surface area contributed by atoms with Crippen molar-refractivity contribution < 1.29 is 14.6 Å². The Morgan fingerprint density at radius 3 is 2.80 bits per heavy atom. The number of carboxylic acid groups (broad SMARTS) is 1. The smallest absolute Gasteiger partial charge is 0.348 e. The third-order valence-electron chi connectivity index (χ3n) is 4.09. The molecule has 0 bridgehead atoms. The molecule has 6 heteroatoms. The van der Waals surface area contributed by atoms with Gasteiger partial charge in [0.05, 0.1) is 13.0 Å². The second-order valence-electron chi connectivity index (χ2n) is 5.35. The average molecular weight is 280 g/mol. The first-order valence-corrected chi connectivity index (χ1v) is 6.80. The highest BCUT2D eigenvalue weighted by molar-refractivity contribution is 5.70. The van der Waals surface area contributed by atoms with Crippen LogP contribution in [0.2, 0.25) is 0 Å². The minimum atomic E-state index is -0.917. The van der Waals surface area contributed by atoms with Crippen LogP contribution in [0.1, 0.15) is 36.3 Å². The Balaban J connectivity index is 2.46. The van der Waals surface area contributed by atoms with Gasteiger partial charge < -0.3 is 9.84 Å². The summed E-state index contributed by atoms with van der Waals surface area (Å²) in [5.74, 6) is -0.645. The number of rotatable bonds is 4. The molecule has 2 atom stereocenters. The molecule has 110 valence electrons. The molecule has 0 saturated carbocycles. The van der Waals surface area contributed by atoms with Crippen molar-refractivity contribution in [2.24, 2.45) is 5.92 Å². The summed E-state index contributed by atoms with van der Waals surface area (Å²) < 4.78 is 6.98. The van der Waals surface area contributed by atoms with Crippen LogP contribution in [0.3, 0.4) is 0 Å². The Bertz CT molecular complexity index is 573. The Morgan fingerprint density at radius 2 is 2.25 bits per heavy atom. The van der Waals surface area contributed by atoms with E-state index < -0.39 is 5.97 Å². The average Bonchev–Trinajstić information content (AvgIpc) is 2.87. The first kappa shape index (κ1) is 14.7. The molecule has 1 aromatic heterocycles. The summed E-state index contributed by atoms with van der Waals surface area (Å²) in [6.07, 6.45) is 0.800. The van der Waals surface area contributed by atoms with Gasteiger partial charge in [-0.15, -0.1) is 0 Å². The minimum Gasteiger partial charge on any atom is -0.481 e. The lowest BCUT2D eigenvalue weighted by atomic mass is 9.99. The van der Waals surface area contributed by atoms with Gasteiger partial charge in [-0.05, 0) is 27.2 Å². The van der Waals surface area contributed by atoms with Gasteiger partial charge in [0.2, 0.25) is 0 Å². The highest BCUT2D eigenvalue weighted by Gasteiger charge is 2.26. The maximum absolute atomic E-state index is 12.2. The van der Waals surface area contributed by atoms with E-state index in [2.05, 4.69) is 4.98 Å². The van der Waals surface area contributed by atoms with Gasteiger partial charge in [0.25, 0.3) is 0 Å². The fourth-order valence-electron chi connectivity index (χ4n) is 2.85. The third-order valence-corrected chi connectivity index (χ3v) is 4.09. The van der Waals surface area contributed by atoms with Crippen LogP contribution in [0.4, 0.5) is 0 Å². The van der Waals surface area contributed by atoms with Crippen LogP contribution in [-0.4, -0.2) is 33.8 Å². The second kappa shape index (κ2) is 5.75. The highest BCUT2D eigenvalue weighted by atomic mass is 16.5. The quantitative estimate of drug-likeness (QED) is 0.892. The zero-order chi connectivity index (χ0) is 14.9. The molecule has 2 rings (SSSR count). The molecule has 1 N–H and O–H groups in total. The fraction of sp³-hybridized carbons (Fsp3) is 0.643. The molecule has 1 aromatic rings. The molecular weight excluding hydrogens is 260 g/mol. The van der Waals surface area contributed by atoms with E-state index in [9.17, 15) is 9.59 Å². The topological polar surface area (TPSA) is 81.4 Å². The number of aromatic nitrogens is 2. The Hall–Kier alpha value is -1.69. The van der Waals surface area contributed by atoms with E-state index in [0.29, 0.717) is 30.2 Å². The van der Waals surface area contributed by atoms with E-state index in [4.69, 9.17) is 9.84 Å². The van der Waals surface area contributed by atoms with Crippen LogP contribution in [-0.2, 0) is 16.0 Å². The maximum atomic E-state index is 12.2. The molecule has 2 unspecified atom stereocenters. The Kier molecular flexibility index (Phi) is 4.23. The molecule has 20 heavy (non-hydrogen) atoms. The number of aliphatic carboxylic acids is 1. The molecule has 0 radical (unpaired) electrons. The van der Waals surface area contributed by atoms with Crippen molar-refractivity contribution in [2.45, 2.75) is 39.7 Å². The van der Waals surface area contributed by atoms with E-state index in [1.165, 1.54) is 0 Å². The predicted molar refractivity (Wildman–Crippen MR) is 72.9 cm³/mol. The summed E-state index contributed by atoms with van der Waals surface area (Å²) in [6, 6.07) is -0.0364. The Morgan fingerprint density at radius 1 is 1.55 bits per heavy atom. The summed E-state index contributed by atoms with van der Waals surface area (Å²) in [5, 5.41) is 8.99. The van der Waals surface area contributed by atoms with Crippen LogP contribution in [0.5, 0.6) is 0 Å². The number of ether oxygens (including phenoxy) is 1. The van der Waals surface area contributed by atoms with Crippen LogP contribution in [0, 0.1) is 19.8 Å². The first-order valence-electron chi connectivity index (χ1n) is 6.80. The van der Waals surface area contributed by atoms with Gasteiger partial charge in [-0.2, -0.15) is 4.98 Å². The molecule has 1 aliphatic rings. The third kappa shape index (κ3) is 2.75. The predicted octanol–water partition coefficient (Wildman–Crippen LogP) is 1.08. The van der Waals surface area contributed by atoms with E-state index in [1.54, 1.807) is 18.4 Å². The van der Waals surface area contributed by atoms with E-state index in [0.717, 1.165) is 6.42 Å². The zero-order valence-corrected chi connectivity index (χ0v) is 12.0. The molecule has 1 aliphatic heterocycles. The lowest BCUT2D eigenvalue weighted by Gasteiger charge is -2.24. The number of aryl methyl sites for hydroxylation is 1. The van der Waals surface area contributed by atoms with Gasteiger partial charge in [-0.3, -0.25) is 9.36 Å². The molecular formula is C14H20N2O4. The highest BCUT2D eigenvalue weighted by Crippen LogP contribution is 2.26. The zero-order valence-electron chi connectivity index (χ0n) is 12.0. The van der Waals surface area contributed by atoms with Gasteiger partial charge in [-0.25, -0.2) is 4.79 Å². The minimum absolute atomic E-state index is 0.0364. The van der Waals surface area contributed by atoms with Crippen LogP contribution in [0.15, 0.2) is 4.79 Å². The first-order chi connectivity index (χ1) is 9.41. The van der Waals surface area contributed by atoms with Crippen LogP contribution < -0.4 is 5.69 Å². The van der Waals surface area contributed by atoms with Crippen molar-refractivity contribution in [3.8, 4) is 0 Å². The van der Waals surface area contributed by atoms with Crippen molar-refractivity contribution in [2.75, 3.05) is 13.2 Å². The maximum Gasteiger partial charge on any atom is 0.348 e. The van der Waals surface area contributed by atoms with Gasteiger partial charge in [-0.1, -0.05) is 0 Å². The monoisotopic (exact) mass is 280 g/mol. The Labute approximate surface area is 117 Å². The summed E-state index contributed by atoms with van der Waals surface area (Å²) in [6.45, 7) is 6.79. The number of hydrogen-bond acceptors (Lipinski definition) is 4. The van der Waals surface area contributed by atoms with Crippen molar-refractivity contribution >= 4 is 5.97 Å². The normalized spacial score (nSPS) is 20.1. The van der Waals surface area contributed by atoms with Crippen molar-refractivity contribution in [1.29, 1.82) is 0 Å². The number of carboxylic acids is 1. The van der Waals surface area contributed by atoms with Crippen molar-refractivity contribution in [1.82, 2.24) is 9.55 Å². The molecule has 1 saturated heterocycles. The molecule has 0 aliphatic carbocycles. The number of carbonyl (C=O) groups is 1. The van der Waals surface area contributed by atoms with E-state index in [1.807, 2.05) is 6.92 Å². The fourth-order valence-corrected chi connectivity index (χ4v) is 2.85. The molecule has 1 fully saturated rings. The number of hydrogen-bond donors (Lipinski definition) is 1. The lowest BCUT2D eigenvalue weighted by molar-refractivity contribution is -0.136. The molecule has 0 aromatic carbocycles. The van der Waals surface area contributed by atoms with E-state index >= 15 is 0 Å². The van der Waals surface area contributed by atoms with E-state index in [-0.39, 0.29) is 24.1 Å². The largest absolute Gasteiger partial charge is 0.481 e. The summed E-state index contributed by atoms with van der Waals surface area (Å²) in [4.78, 5) is 27.1. The van der Waals surface area contributed by atoms with Crippen LogP contribution in [0.25, 0.3) is 0 Å². The van der Waals surface area contributed by atoms with Crippen LogP contribution >= 0.6 is 0 Å². The summed E-state index contributed by atoms with van der Waals surface area (Å²) in [5.41, 5.74) is 1.52. The van der Waals surface area contributed by atoms with Crippen molar-refractivity contribution in [3.05, 3.63) is 27.4 Å². The van der Waals surface area contributed by atoms with Gasteiger partial charge >= 0.3 is 11.7 Å². The van der Waals surface area contributed by atoms with Gasteiger partial charge in [0.15, 0.2) is 0 Å².